The molecule has 4 nitrogen and oxygen atoms in total. The maximum absolute atomic E-state index is 11.9. The van der Waals surface area contributed by atoms with E-state index in [0.29, 0.717) is 5.57 Å². The van der Waals surface area contributed by atoms with Crippen molar-refractivity contribution in [3.63, 3.8) is 0 Å². The van der Waals surface area contributed by atoms with Crippen molar-refractivity contribution in [3.05, 3.63) is 11.6 Å². The first-order chi connectivity index (χ1) is 6.23. The molecule has 0 amide bonds. The number of hydrogen-bond donors (Lipinski definition) is 2. The van der Waals surface area contributed by atoms with Crippen molar-refractivity contribution in [2.24, 2.45) is 0 Å². The minimum atomic E-state index is -0.941. The molecule has 1 unspecified atom stereocenters. The van der Waals surface area contributed by atoms with Crippen LogP contribution in [0.1, 0.15) is 27.7 Å². The molecule has 1 aliphatic rings. The zero-order valence-electron chi connectivity index (χ0n) is 9.11. The summed E-state index contributed by atoms with van der Waals surface area (Å²) in [7, 11) is 0. The van der Waals surface area contributed by atoms with Crippen LogP contribution in [0.25, 0.3) is 0 Å². The molecule has 2 N–H and O–H groups in total. The molecule has 14 heavy (non-hydrogen) atoms. The quantitative estimate of drug-likeness (QED) is 0.637. The number of hydrogen-bond acceptors (Lipinski definition) is 3. The molecule has 0 saturated carbocycles. The molecule has 81 valence electrons. The van der Waals surface area contributed by atoms with Crippen LogP contribution in [0.3, 0.4) is 0 Å². The lowest BCUT2D eigenvalue weighted by molar-refractivity contribution is -0.240. The van der Waals surface area contributed by atoms with Crippen LogP contribution < -0.4 is 0 Å². The fourth-order valence-electron chi connectivity index (χ4n) is 2.06. The van der Waals surface area contributed by atoms with E-state index in [-0.39, 0.29) is 6.61 Å². The van der Waals surface area contributed by atoms with Crippen molar-refractivity contribution < 1.29 is 15.4 Å². The summed E-state index contributed by atoms with van der Waals surface area (Å²) in [4.78, 5) is 0. The van der Waals surface area contributed by atoms with Gasteiger partial charge in [-0.3, -0.25) is 0 Å². The van der Waals surface area contributed by atoms with E-state index in [2.05, 4.69) is 0 Å². The molecule has 1 aliphatic heterocycles. The Hall–Kier alpha value is -0.420. The maximum atomic E-state index is 11.9. The van der Waals surface area contributed by atoms with Gasteiger partial charge in [0.1, 0.15) is 0 Å². The van der Waals surface area contributed by atoms with Gasteiger partial charge in [0.05, 0.1) is 23.8 Å². The lowest BCUT2D eigenvalue weighted by Gasteiger charge is -2.34. The van der Waals surface area contributed by atoms with Gasteiger partial charge in [0.15, 0.2) is 0 Å². The third-order valence-electron chi connectivity index (χ3n) is 2.78. The molecule has 0 fully saturated rings. The third-order valence-corrected chi connectivity index (χ3v) is 2.78. The smallest absolute Gasteiger partial charge is 0.1000 e. The van der Waals surface area contributed by atoms with Crippen molar-refractivity contribution in [2.45, 2.75) is 44.9 Å². The largest absolute Gasteiger partial charge is 0.393 e. The topological polar surface area (TPSA) is 63.6 Å². The maximum Gasteiger partial charge on any atom is 0.1000 e. The Morgan fingerprint density at radius 1 is 1.43 bits per heavy atom. The average Bonchev–Trinajstić information content (AvgIpc) is 2.25. The standard InChI is InChI=1S/C10H18NO3/c1-9(2)5-7(8(13)6-12)10(3,4)11(9)14/h5,8,12-13H,6H2,1-4H3. The number of rotatable bonds is 2. The molecule has 1 heterocycles. The fraction of sp³-hybridized carbons (Fsp3) is 0.800. The minimum absolute atomic E-state index is 0.348. The molecule has 0 aromatic heterocycles. The Morgan fingerprint density at radius 2 is 1.93 bits per heavy atom. The van der Waals surface area contributed by atoms with E-state index in [1.54, 1.807) is 33.8 Å². The summed E-state index contributed by atoms with van der Waals surface area (Å²) in [6.07, 6.45) is 0.796. The summed E-state index contributed by atoms with van der Waals surface area (Å²) in [5.74, 6) is 0. The fourth-order valence-corrected chi connectivity index (χ4v) is 2.06. The molecule has 0 spiro atoms. The molecule has 0 aromatic carbocycles. The molecule has 1 rings (SSSR count). The van der Waals surface area contributed by atoms with Crippen LogP contribution in [0.5, 0.6) is 0 Å². The average molecular weight is 200 g/mol. The van der Waals surface area contributed by atoms with Crippen molar-refractivity contribution in [3.8, 4) is 0 Å². The van der Waals surface area contributed by atoms with Gasteiger partial charge < -0.3 is 10.2 Å². The molecule has 0 bridgehead atoms. The lowest BCUT2D eigenvalue weighted by Crippen LogP contribution is -2.48. The van der Waals surface area contributed by atoms with Crippen molar-refractivity contribution in [2.75, 3.05) is 6.61 Å². The van der Waals surface area contributed by atoms with Crippen molar-refractivity contribution in [1.82, 2.24) is 5.06 Å². The van der Waals surface area contributed by atoms with Gasteiger partial charge in [0, 0.05) is 0 Å². The van der Waals surface area contributed by atoms with Gasteiger partial charge in [0.25, 0.3) is 0 Å². The molecular weight excluding hydrogens is 182 g/mol. The molecule has 1 radical (unpaired) electrons. The lowest BCUT2D eigenvalue weighted by atomic mass is 9.92. The SMILES string of the molecule is CC1(C)C=C(C(O)CO)C(C)(C)N1[O]. The van der Waals surface area contributed by atoms with Crippen LogP contribution in [0.15, 0.2) is 11.6 Å². The number of aliphatic hydroxyl groups excluding tert-OH is 2. The Balaban J connectivity index is 3.06. The number of aliphatic hydroxyl groups is 2. The van der Waals surface area contributed by atoms with E-state index >= 15 is 0 Å². The van der Waals surface area contributed by atoms with Gasteiger partial charge in [-0.25, -0.2) is 0 Å². The van der Waals surface area contributed by atoms with E-state index in [1.165, 1.54) is 0 Å². The van der Waals surface area contributed by atoms with Gasteiger partial charge >= 0.3 is 0 Å². The normalized spacial score (nSPS) is 27.5. The Morgan fingerprint density at radius 3 is 2.21 bits per heavy atom. The predicted molar refractivity (Wildman–Crippen MR) is 51.9 cm³/mol. The summed E-state index contributed by atoms with van der Waals surface area (Å²) in [6.45, 7) is 6.73. The first-order valence-corrected chi connectivity index (χ1v) is 4.73. The van der Waals surface area contributed by atoms with Gasteiger partial charge in [-0.1, -0.05) is 6.08 Å². The molecule has 1 atom stereocenters. The van der Waals surface area contributed by atoms with E-state index in [4.69, 9.17) is 5.11 Å². The number of hydroxylamine groups is 2. The summed E-state index contributed by atoms with van der Waals surface area (Å²) >= 11 is 0. The third kappa shape index (κ3) is 1.59. The van der Waals surface area contributed by atoms with Gasteiger partial charge in [0.2, 0.25) is 0 Å². The Kier molecular flexibility index (Phi) is 2.75. The van der Waals surface area contributed by atoms with E-state index in [1.807, 2.05) is 0 Å². The summed E-state index contributed by atoms with van der Waals surface area (Å²) in [6, 6.07) is 0. The van der Waals surface area contributed by atoms with E-state index in [9.17, 15) is 10.3 Å². The highest BCUT2D eigenvalue weighted by molar-refractivity contribution is 5.32. The van der Waals surface area contributed by atoms with Crippen molar-refractivity contribution >= 4 is 0 Å². The van der Waals surface area contributed by atoms with Crippen LogP contribution in [0, 0.1) is 0 Å². The minimum Gasteiger partial charge on any atom is -0.393 e. The molecule has 0 aliphatic carbocycles. The summed E-state index contributed by atoms with van der Waals surface area (Å²) < 4.78 is 0. The molecule has 4 heteroatoms. The van der Waals surface area contributed by atoms with Crippen molar-refractivity contribution in [1.29, 1.82) is 0 Å². The summed E-state index contributed by atoms with van der Waals surface area (Å²) in [5.41, 5.74) is -0.763. The highest BCUT2D eigenvalue weighted by atomic mass is 16.5. The van der Waals surface area contributed by atoms with Gasteiger partial charge in [-0.2, -0.15) is 0 Å². The van der Waals surface area contributed by atoms with Crippen LogP contribution in [-0.4, -0.2) is 39.1 Å². The van der Waals surface area contributed by atoms with Crippen LogP contribution >= 0.6 is 0 Å². The molecule has 0 saturated heterocycles. The Bertz CT molecular complexity index is 258. The Labute approximate surface area is 84.4 Å². The van der Waals surface area contributed by atoms with Gasteiger partial charge in [-0.15, -0.1) is 10.3 Å². The summed E-state index contributed by atoms with van der Waals surface area (Å²) in [5, 5.41) is 31.2. The molecular formula is C10H18NO3. The second-order valence-electron chi connectivity index (χ2n) is 4.81. The second-order valence-corrected chi connectivity index (χ2v) is 4.81. The van der Waals surface area contributed by atoms with E-state index in [0.717, 1.165) is 5.06 Å². The first kappa shape index (κ1) is 11.7. The highest BCUT2D eigenvalue weighted by Crippen LogP contribution is 2.39. The van der Waals surface area contributed by atoms with E-state index < -0.39 is 17.2 Å². The monoisotopic (exact) mass is 200 g/mol. The van der Waals surface area contributed by atoms with Crippen LogP contribution in [-0.2, 0) is 5.21 Å². The molecule has 0 aromatic rings. The van der Waals surface area contributed by atoms with Crippen LogP contribution in [0.2, 0.25) is 0 Å². The highest BCUT2D eigenvalue weighted by Gasteiger charge is 2.48. The second kappa shape index (κ2) is 3.31. The first-order valence-electron chi connectivity index (χ1n) is 4.73. The van der Waals surface area contributed by atoms with Crippen LogP contribution in [0.4, 0.5) is 0 Å². The zero-order chi connectivity index (χ0) is 11.1. The number of nitrogens with zero attached hydrogens (tertiary/aromatic N) is 1. The predicted octanol–water partition coefficient (Wildman–Crippen LogP) is 0.484. The zero-order valence-corrected chi connectivity index (χ0v) is 9.11. The van der Waals surface area contributed by atoms with Gasteiger partial charge in [-0.05, 0) is 33.3 Å².